The Bertz CT molecular complexity index is 1180. The number of carbonyl (C=O) groups is 1. The molecule has 3 aromatic rings. The highest BCUT2D eigenvalue weighted by molar-refractivity contribution is 9.10. The topological polar surface area (TPSA) is 106 Å². The van der Waals surface area contributed by atoms with Crippen molar-refractivity contribution in [3.05, 3.63) is 46.3 Å². The minimum absolute atomic E-state index is 0.0679. The zero-order chi connectivity index (χ0) is 23.4. The van der Waals surface area contributed by atoms with E-state index in [1.165, 1.54) is 28.2 Å². The van der Waals surface area contributed by atoms with E-state index in [-0.39, 0.29) is 17.0 Å². The lowest BCUT2D eigenvalue weighted by Crippen LogP contribution is -2.53. The van der Waals surface area contributed by atoms with Crippen molar-refractivity contribution in [1.82, 2.24) is 19.7 Å². The Labute approximate surface area is 169 Å². The number of fused-ring (bicyclic) bond motifs is 1. The van der Waals surface area contributed by atoms with Gasteiger partial charge in [-0.3, -0.25) is 9.20 Å². The lowest BCUT2D eigenvalue weighted by molar-refractivity contribution is -0.256. The predicted octanol–water partition coefficient (Wildman–Crippen LogP) is 2.55. The Hall–Kier alpha value is -2.66. The maximum Gasteiger partial charge on any atom is 0.430 e. The Morgan fingerprint density at radius 1 is 1.43 bits per heavy atom. The van der Waals surface area contributed by atoms with Crippen LogP contribution in [-0.4, -0.2) is 38.5 Å². The fourth-order valence-electron chi connectivity index (χ4n) is 2.82. The van der Waals surface area contributed by atoms with E-state index in [1.807, 2.05) is 0 Å². The molecule has 0 bridgehead atoms. The summed E-state index contributed by atoms with van der Waals surface area (Å²) >= 11 is 3.18. The molecule has 0 saturated carbocycles. The largest absolute Gasteiger partial charge is 0.430 e. The minimum Gasteiger partial charge on any atom is -0.381 e. The lowest BCUT2D eigenvalue weighted by atomic mass is 9.89. The lowest BCUT2D eigenvalue weighted by Gasteiger charge is -2.29. The van der Waals surface area contributed by atoms with Gasteiger partial charge in [0.25, 0.3) is 11.5 Å². The van der Waals surface area contributed by atoms with Gasteiger partial charge in [0.05, 0.1) is 11.9 Å². The van der Waals surface area contributed by atoms with Crippen molar-refractivity contribution in [1.29, 1.82) is 0 Å². The zero-order valence-corrected chi connectivity index (χ0v) is 15.8. The summed E-state index contributed by atoms with van der Waals surface area (Å²) in [4.78, 5) is 20.3. The Kier molecular flexibility index (Phi) is 3.93. The summed E-state index contributed by atoms with van der Waals surface area (Å²) in [6.07, 6.45) is -2.66. The van der Waals surface area contributed by atoms with E-state index in [0.717, 1.165) is 12.1 Å². The van der Waals surface area contributed by atoms with Gasteiger partial charge >= 0.3 is 6.18 Å². The van der Waals surface area contributed by atoms with Crippen LogP contribution < -0.4 is 11.1 Å². The average molecular weight is 461 g/mol. The fraction of sp³-hybridized carbons (Fsp3) is 0.235. The molecule has 3 rings (SSSR count). The minimum atomic E-state index is -5.51. The number of hydrogen-bond donors (Lipinski definition) is 3. The predicted molar refractivity (Wildman–Crippen MR) is 99.3 cm³/mol. The highest BCUT2D eigenvalue weighted by Crippen LogP contribution is 2.41. The van der Waals surface area contributed by atoms with Crippen LogP contribution in [0.2, 0.25) is 0 Å². The number of benzene rings is 1. The summed E-state index contributed by atoms with van der Waals surface area (Å²) in [5.74, 6) is -2.05. The van der Waals surface area contributed by atoms with Crippen LogP contribution in [0.4, 0.5) is 19.0 Å². The number of carbonyl (C=O) groups excluding carboxylic acids is 1. The number of halogens is 4. The number of nitrogens with one attached hydrogen (secondary N) is 1. The van der Waals surface area contributed by atoms with E-state index in [2.05, 4.69) is 25.9 Å². The van der Waals surface area contributed by atoms with Crippen LogP contribution in [0.1, 0.15) is 15.2 Å². The van der Waals surface area contributed by atoms with Gasteiger partial charge in [-0.25, -0.2) is 9.97 Å². The molecule has 0 aliphatic rings. The van der Waals surface area contributed by atoms with E-state index in [1.54, 1.807) is 6.92 Å². The molecule has 2 heterocycles. The molecule has 4 N–H and O–H groups in total. The second kappa shape index (κ2) is 6.74. The van der Waals surface area contributed by atoms with Crippen LogP contribution in [-0.2, 0) is 10.4 Å². The van der Waals surface area contributed by atoms with Crippen molar-refractivity contribution in [3.63, 3.8) is 0 Å². The summed E-state index contributed by atoms with van der Waals surface area (Å²) in [7, 11) is 0. The molecular weight excluding hydrogens is 443 g/mol. The number of anilines is 1. The number of hydrogen-bond acceptors (Lipinski definition) is 5. The molecule has 0 spiro atoms. The monoisotopic (exact) mass is 460 g/mol. The highest BCUT2D eigenvalue weighted by atomic mass is 79.9. The molecule has 1 unspecified atom stereocenters. The number of nitrogens with two attached hydrogens (primary N) is 1. The van der Waals surface area contributed by atoms with Crippen LogP contribution in [0.5, 0.6) is 0 Å². The van der Waals surface area contributed by atoms with Gasteiger partial charge in [0.15, 0.2) is 11.5 Å². The molecule has 1 aromatic carbocycles. The first-order valence-electron chi connectivity index (χ1n) is 9.17. The van der Waals surface area contributed by atoms with E-state index in [9.17, 15) is 23.1 Å². The first-order chi connectivity index (χ1) is 14.1. The molecule has 0 saturated heterocycles. The summed E-state index contributed by atoms with van der Waals surface area (Å²) in [5.41, 5.74) is 2.11. The Morgan fingerprint density at radius 2 is 2.14 bits per heavy atom. The van der Waals surface area contributed by atoms with Crippen molar-refractivity contribution < 1.29 is 27.2 Å². The van der Waals surface area contributed by atoms with Crippen LogP contribution >= 0.6 is 15.9 Å². The number of nitrogens with zero attached hydrogens (tertiary/aromatic N) is 3. The van der Waals surface area contributed by atoms with Gasteiger partial charge in [-0.15, -0.1) is 0 Å². The summed E-state index contributed by atoms with van der Waals surface area (Å²) in [6, 6.07) is 3.12. The molecule has 0 aliphatic heterocycles. The molecule has 0 aliphatic carbocycles. The quantitative estimate of drug-likeness (QED) is 0.556. The Balaban J connectivity index is 2.23. The van der Waals surface area contributed by atoms with Crippen molar-refractivity contribution >= 4 is 33.3 Å². The molecule has 0 fully saturated rings. The van der Waals surface area contributed by atoms with Gasteiger partial charge in [-0.1, -0.05) is 12.1 Å². The van der Waals surface area contributed by atoms with Crippen molar-refractivity contribution in [2.75, 3.05) is 12.7 Å². The van der Waals surface area contributed by atoms with Gasteiger partial charge in [0.1, 0.15) is 4.60 Å². The first kappa shape index (κ1) is 16.3. The fourth-order valence-corrected chi connectivity index (χ4v) is 3.21. The number of aliphatic hydroxyl groups is 1. The SMILES string of the molecule is [2H]C([2H])([2H])NC(=O)C(O)(c1ccc(C)c(-c2cnc3c(N)nc(Br)cn23)c1)C(F)(F)F. The highest BCUT2D eigenvalue weighted by Gasteiger charge is 2.60. The number of rotatable bonds is 3. The standard InChI is InChI=1S/C17H15BrF3N5O2/c1-8-3-4-9(16(28,15(27)23-2)17(19,20)21)5-10(8)11-6-24-14-13(22)25-12(18)7-26(11)14/h3-7,28H,1-2H3,(H2,22,25)(H,23,27)/i2D3. The van der Waals surface area contributed by atoms with E-state index in [0.29, 0.717) is 15.9 Å². The number of likely N-dealkylation sites (N-methyl/N-ethyl adjacent to an activating group) is 1. The maximum atomic E-state index is 13.8. The second-order valence-corrected chi connectivity index (χ2v) is 6.79. The van der Waals surface area contributed by atoms with Crippen LogP contribution in [0, 0.1) is 6.92 Å². The second-order valence-electron chi connectivity index (χ2n) is 5.98. The average Bonchev–Trinajstić information content (AvgIpc) is 3.02. The molecule has 7 nitrogen and oxygen atoms in total. The molecular formula is C17H15BrF3N5O2. The van der Waals surface area contributed by atoms with Gasteiger partial charge in [-0.05, 0) is 34.5 Å². The van der Waals surface area contributed by atoms with Crippen LogP contribution in [0.3, 0.4) is 0 Å². The molecule has 28 heavy (non-hydrogen) atoms. The van der Waals surface area contributed by atoms with Gasteiger partial charge in [0.2, 0.25) is 0 Å². The normalized spacial score (nSPS) is 16.1. The number of aryl methyl sites for hydroxylation is 1. The number of alkyl halides is 3. The summed E-state index contributed by atoms with van der Waals surface area (Å²) in [5, 5.41) is 11.6. The summed E-state index contributed by atoms with van der Waals surface area (Å²) in [6.45, 7) is -1.63. The number of imidazole rings is 1. The van der Waals surface area contributed by atoms with Crippen LogP contribution in [0.15, 0.2) is 35.2 Å². The van der Waals surface area contributed by atoms with E-state index < -0.39 is 30.2 Å². The Morgan fingerprint density at radius 3 is 2.79 bits per heavy atom. The third kappa shape index (κ3) is 3.00. The van der Waals surface area contributed by atoms with Crippen molar-refractivity contribution in [2.24, 2.45) is 0 Å². The molecule has 1 atom stereocenters. The van der Waals surface area contributed by atoms with Crippen LogP contribution in [0.25, 0.3) is 16.9 Å². The molecule has 2 aromatic heterocycles. The molecule has 11 heteroatoms. The first-order valence-corrected chi connectivity index (χ1v) is 8.47. The third-order valence-corrected chi connectivity index (χ3v) is 4.65. The number of nitrogen functional groups attached to an aromatic ring is 1. The van der Waals surface area contributed by atoms with E-state index in [4.69, 9.17) is 9.85 Å². The van der Waals surface area contributed by atoms with Crippen molar-refractivity contribution in [2.45, 2.75) is 18.7 Å². The number of aromatic nitrogens is 3. The van der Waals surface area contributed by atoms with E-state index >= 15 is 0 Å². The zero-order valence-electron chi connectivity index (χ0n) is 17.2. The van der Waals surface area contributed by atoms with Crippen molar-refractivity contribution in [3.8, 4) is 11.3 Å². The smallest absolute Gasteiger partial charge is 0.381 e. The maximum absolute atomic E-state index is 13.8. The summed E-state index contributed by atoms with van der Waals surface area (Å²) < 4.78 is 64.3. The van der Waals surface area contributed by atoms with Gasteiger partial charge in [0, 0.05) is 28.4 Å². The van der Waals surface area contributed by atoms with Gasteiger partial charge < -0.3 is 16.2 Å². The number of amides is 1. The third-order valence-electron chi connectivity index (χ3n) is 4.27. The van der Waals surface area contributed by atoms with Gasteiger partial charge in [-0.2, -0.15) is 13.2 Å². The molecule has 1 amide bonds. The molecule has 148 valence electrons. The molecule has 0 radical (unpaired) electrons.